The van der Waals surface area contributed by atoms with Crippen LogP contribution in [0.4, 0.5) is 0 Å². The summed E-state index contributed by atoms with van der Waals surface area (Å²) in [7, 11) is 1.61. The number of rotatable bonds is 5. The Morgan fingerprint density at radius 3 is 2.81 bits per heavy atom. The zero-order valence-corrected chi connectivity index (χ0v) is 19.0. The van der Waals surface area contributed by atoms with Gasteiger partial charge in [-0.3, -0.25) is 9.59 Å². The van der Waals surface area contributed by atoms with Gasteiger partial charge in [-0.05, 0) is 25.0 Å². The molecular formula is C22H21Cl2N3O5. The van der Waals surface area contributed by atoms with Crippen LogP contribution in [0, 0.1) is 12.8 Å². The van der Waals surface area contributed by atoms with E-state index in [1.54, 1.807) is 25.0 Å². The second kappa shape index (κ2) is 8.19. The van der Waals surface area contributed by atoms with Crippen LogP contribution in [0.3, 0.4) is 0 Å². The Morgan fingerprint density at radius 1 is 1.34 bits per heavy atom. The van der Waals surface area contributed by atoms with E-state index in [1.807, 2.05) is 0 Å². The van der Waals surface area contributed by atoms with Crippen LogP contribution in [0.2, 0.25) is 10.0 Å². The molecule has 2 aromatic heterocycles. The molecule has 1 unspecified atom stereocenters. The van der Waals surface area contributed by atoms with Crippen LogP contribution in [0.15, 0.2) is 21.6 Å². The zero-order valence-electron chi connectivity index (χ0n) is 17.5. The number of pyridine rings is 1. The number of nitrogens with one attached hydrogen (secondary N) is 1. The maximum Gasteiger partial charge on any atom is 0.256 e. The molecule has 5 rings (SSSR count). The average Bonchev–Trinajstić information content (AvgIpc) is 3.22. The highest BCUT2D eigenvalue weighted by atomic mass is 35.5. The van der Waals surface area contributed by atoms with Crippen LogP contribution in [0.1, 0.15) is 38.8 Å². The third-order valence-electron chi connectivity index (χ3n) is 6.29. The van der Waals surface area contributed by atoms with Gasteiger partial charge in [0.15, 0.2) is 5.58 Å². The third kappa shape index (κ3) is 3.33. The molecule has 0 bridgehead atoms. The molecule has 0 aliphatic carbocycles. The lowest BCUT2D eigenvalue weighted by Crippen LogP contribution is -2.39. The Kier molecular flexibility index (Phi) is 5.49. The number of aromatic amines is 1. The monoisotopic (exact) mass is 477 g/mol. The zero-order chi connectivity index (χ0) is 22.6. The summed E-state index contributed by atoms with van der Waals surface area (Å²) in [4.78, 5) is 30.6. The molecule has 1 fully saturated rings. The second-order valence-electron chi connectivity index (χ2n) is 8.17. The Hall–Kier alpha value is -2.39. The molecule has 3 aromatic rings. The number of amides is 1. The fourth-order valence-electron chi connectivity index (χ4n) is 4.51. The lowest BCUT2D eigenvalue weighted by molar-refractivity contribution is -0.105. The summed E-state index contributed by atoms with van der Waals surface area (Å²) < 4.78 is 16.2. The number of halogens is 2. The van der Waals surface area contributed by atoms with Crippen molar-refractivity contribution in [2.24, 2.45) is 5.92 Å². The van der Waals surface area contributed by atoms with Gasteiger partial charge in [0.1, 0.15) is 0 Å². The van der Waals surface area contributed by atoms with Crippen molar-refractivity contribution in [3.63, 3.8) is 0 Å². The number of carbonyl (C=O) groups excluding carboxylic acids is 1. The smallest absolute Gasteiger partial charge is 0.256 e. The first-order valence-electron chi connectivity index (χ1n) is 10.3. The van der Waals surface area contributed by atoms with E-state index in [0.717, 1.165) is 0 Å². The summed E-state index contributed by atoms with van der Waals surface area (Å²) in [5, 5.41) is 5.23. The van der Waals surface area contributed by atoms with Crippen LogP contribution < -0.4 is 5.56 Å². The van der Waals surface area contributed by atoms with Gasteiger partial charge in [0.05, 0.1) is 53.7 Å². The van der Waals surface area contributed by atoms with Gasteiger partial charge in [-0.25, -0.2) is 0 Å². The molecule has 1 atom stereocenters. The predicted molar refractivity (Wildman–Crippen MR) is 118 cm³/mol. The highest BCUT2D eigenvalue weighted by Gasteiger charge is 2.36. The first-order valence-corrected chi connectivity index (χ1v) is 11.0. The topological polar surface area (TPSA) is 97.7 Å². The molecule has 8 nitrogen and oxygen atoms in total. The molecule has 2 aliphatic heterocycles. The van der Waals surface area contributed by atoms with Gasteiger partial charge in [-0.1, -0.05) is 28.4 Å². The molecule has 4 heterocycles. The van der Waals surface area contributed by atoms with Crippen LogP contribution in [0.5, 0.6) is 0 Å². The average molecular weight is 478 g/mol. The van der Waals surface area contributed by atoms with Gasteiger partial charge < -0.3 is 23.9 Å². The Bertz CT molecular complexity index is 1280. The molecular weight excluding hydrogens is 457 g/mol. The molecule has 32 heavy (non-hydrogen) atoms. The van der Waals surface area contributed by atoms with Crippen molar-refractivity contribution in [2.75, 3.05) is 26.9 Å². The molecule has 0 saturated carbocycles. The number of aromatic nitrogens is 2. The highest BCUT2D eigenvalue weighted by Crippen LogP contribution is 2.42. The molecule has 1 aromatic carbocycles. The maximum absolute atomic E-state index is 13.5. The number of ether oxygens (including phenoxy) is 2. The lowest BCUT2D eigenvalue weighted by Gasteiger charge is -2.35. The third-order valence-corrected chi connectivity index (χ3v) is 7.04. The van der Waals surface area contributed by atoms with Crippen LogP contribution in [-0.2, 0) is 22.4 Å². The summed E-state index contributed by atoms with van der Waals surface area (Å²) in [6, 6.07) is 1.80. The van der Waals surface area contributed by atoms with Crippen molar-refractivity contribution in [1.29, 1.82) is 0 Å². The number of aryl methyl sites for hydroxylation is 1. The number of H-pyrrole nitrogens is 1. The molecule has 10 heteroatoms. The quantitative estimate of drug-likeness (QED) is 0.601. The van der Waals surface area contributed by atoms with Gasteiger partial charge in [0.2, 0.25) is 0 Å². The highest BCUT2D eigenvalue weighted by molar-refractivity contribution is 6.37. The number of fused-ring (bicyclic) bond motifs is 2. The number of nitrogens with zero attached hydrogens (tertiary/aromatic N) is 2. The summed E-state index contributed by atoms with van der Waals surface area (Å²) in [6.07, 6.45) is 1.71. The first kappa shape index (κ1) is 21.5. The fourth-order valence-corrected chi connectivity index (χ4v) is 5.18. The van der Waals surface area contributed by atoms with E-state index < -0.39 is 0 Å². The summed E-state index contributed by atoms with van der Waals surface area (Å²) in [5.74, 6) is -0.126. The second-order valence-corrected chi connectivity index (χ2v) is 8.96. The predicted octanol–water partition coefficient (Wildman–Crippen LogP) is 3.66. The molecule has 1 saturated heterocycles. The minimum Gasteiger partial charge on any atom is -0.380 e. The minimum atomic E-state index is -0.321. The molecule has 0 spiro atoms. The van der Waals surface area contributed by atoms with Crippen molar-refractivity contribution in [1.82, 2.24) is 15.0 Å². The molecule has 0 radical (unpaired) electrons. The van der Waals surface area contributed by atoms with Crippen molar-refractivity contribution >= 4 is 40.1 Å². The fraction of sp³-hybridized carbons (Fsp3) is 0.409. The Balaban J connectivity index is 1.54. The summed E-state index contributed by atoms with van der Waals surface area (Å²) in [6.45, 7) is 3.38. The van der Waals surface area contributed by atoms with E-state index in [4.69, 9.17) is 37.2 Å². The largest absolute Gasteiger partial charge is 0.380 e. The van der Waals surface area contributed by atoms with Crippen LogP contribution in [-0.4, -0.2) is 47.8 Å². The Labute approximate surface area is 193 Å². The number of methoxy groups -OCH3 is 1. The van der Waals surface area contributed by atoms with E-state index in [9.17, 15) is 9.59 Å². The van der Waals surface area contributed by atoms with Crippen molar-refractivity contribution in [3.8, 4) is 0 Å². The summed E-state index contributed by atoms with van der Waals surface area (Å²) in [5.41, 5.74) is 2.99. The number of hydrogen-bond acceptors (Lipinski definition) is 6. The van der Waals surface area contributed by atoms with E-state index in [-0.39, 0.29) is 30.0 Å². The molecule has 2 aliphatic rings. The Morgan fingerprint density at radius 2 is 2.12 bits per heavy atom. The first-order chi connectivity index (χ1) is 15.4. The van der Waals surface area contributed by atoms with Gasteiger partial charge in [0, 0.05) is 35.7 Å². The van der Waals surface area contributed by atoms with Gasteiger partial charge in [0.25, 0.3) is 11.5 Å². The summed E-state index contributed by atoms with van der Waals surface area (Å²) >= 11 is 13.3. The molecule has 168 valence electrons. The number of carbonyl (C=O) groups is 1. The standard InChI is InChI=1S/C22H21Cl2N3O5/c1-10-19-14(6-25-32-19)15(21(28)26-10)7-27-4-3-12-16(23)5-13(18(24)17(12)22(27)29)20(30-2)11-8-31-9-11/h5-6,11,20H,3-4,7-9H2,1-2H3,(H,26,28). The van der Waals surface area contributed by atoms with Crippen LogP contribution in [0.25, 0.3) is 11.0 Å². The van der Waals surface area contributed by atoms with E-state index in [2.05, 4.69) is 10.1 Å². The maximum atomic E-state index is 13.5. The van der Waals surface area contributed by atoms with Crippen molar-refractivity contribution in [3.05, 3.63) is 60.6 Å². The van der Waals surface area contributed by atoms with Gasteiger partial charge in [-0.15, -0.1) is 0 Å². The van der Waals surface area contributed by atoms with Crippen LogP contribution >= 0.6 is 23.2 Å². The number of benzene rings is 1. The van der Waals surface area contributed by atoms with Crippen molar-refractivity contribution < 1.29 is 18.8 Å². The normalized spacial score (nSPS) is 17.5. The van der Waals surface area contributed by atoms with E-state index in [1.165, 1.54) is 6.20 Å². The minimum absolute atomic E-state index is 0.105. The molecule has 1 N–H and O–H groups in total. The number of hydrogen-bond donors (Lipinski definition) is 1. The van der Waals surface area contributed by atoms with Crippen molar-refractivity contribution in [2.45, 2.75) is 26.0 Å². The van der Waals surface area contributed by atoms with E-state index in [0.29, 0.717) is 75.1 Å². The van der Waals surface area contributed by atoms with Gasteiger partial charge >= 0.3 is 0 Å². The molecule has 1 amide bonds. The SMILES string of the molecule is COC(c1cc(Cl)c2c(c1Cl)C(=O)N(Cc1c(=O)[nH]c(C)c3oncc13)CC2)C1COC1. The lowest BCUT2D eigenvalue weighted by atomic mass is 9.89. The van der Waals surface area contributed by atoms with E-state index >= 15 is 0 Å². The van der Waals surface area contributed by atoms with Gasteiger partial charge in [-0.2, -0.15) is 0 Å².